The molecule has 0 radical (unpaired) electrons. The lowest BCUT2D eigenvalue weighted by atomic mass is 9.80. The van der Waals surface area contributed by atoms with Crippen LogP contribution in [0.1, 0.15) is 43.6 Å². The maximum absolute atomic E-state index is 10.9. The summed E-state index contributed by atoms with van der Waals surface area (Å²) < 4.78 is 5.45. The summed E-state index contributed by atoms with van der Waals surface area (Å²) in [6.45, 7) is 6.81. The van der Waals surface area contributed by atoms with Crippen LogP contribution in [0.5, 0.6) is 0 Å². The van der Waals surface area contributed by atoms with E-state index in [1.54, 1.807) is 6.20 Å². The number of carboxylic acids is 1. The Kier molecular flexibility index (Phi) is 6.08. The molecule has 31 heavy (non-hydrogen) atoms. The Balaban J connectivity index is 1.40. The molecule has 0 saturated heterocycles. The summed E-state index contributed by atoms with van der Waals surface area (Å²) in [5, 5.41) is 16.4. The molecule has 2 N–H and O–H groups in total. The molecular weight excluding hydrogens is 394 g/mol. The van der Waals surface area contributed by atoms with E-state index in [9.17, 15) is 4.79 Å². The number of aromatic nitrogens is 4. The fraction of sp³-hybridized carbons (Fsp3) is 0.435. The van der Waals surface area contributed by atoms with Gasteiger partial charge in [0.1, 0.15) is 5.69 Å². The zero-order valence-corrected chi connectivity index (χ0v) is 18.0. The Morgan fingerprint density at radius 3 is 2.61 bits per heavy atom. The molecule has 162 valence electrons. The van der Waals surface area contributed by atoms with Crippen LogP contribution in [0.15, 0.2) is 35.0 Å². The van der Waals surface area contributed by atoms with E-state index in [1.165, 1.54) is 5.56 Å². The molecule has 0 aliphatic heterocycles. The average Bonchev–Trinajstić information content (AvgIpc) is 3.16. The Morgan fingerprint density at radius 1 is 1.23 bits per heavy atom. The Labute approximate surface area is 181 Å². The fourth-order valence-corrected chi connectivity index (χ4v) is 3.76. The average molecular weight is 422 g/mol. The maximum Gasteiger partial charge on any atom is 0.306 e. The van der Waals surface area contributed by atoms with Gasteiger partial charge in [-0.3, -0.25) is 9.78 Å². The number of nitrogens with zero attached hydrogens (tertiary/aromatic N) is 4. The van der Waals surface area contributed by atoms with Gasteiger partial charge in [-0.15, -0.1) is 0 Å². The van der Waals surface area contributed by atoms with E-state index < -0.39 is 5.97 Å². The quantitative estimate of drug-likeness (QED) is 0.566. The third-order valence-corrected chi connectivity index (χ3v) is 5.54. The molecular formula is C23H27N5O3. The molecule has 0 unspecified atom stereocenters. The molecule has 0 amide bonds. The Bertz CT molecular complexity index is 1060. The molecule has 1 saturated carbocycles. The van der Waals surface area contributed by atoms with Crippen LogP contribution in [0.4, 0.5) is 0 Å². The predicted molar refractivity (Wildman–Crippen MR) is 115 cm³/mol. The van der Waals surface area contributed by atoms with Gasteiger partial charge >= 0.3 is 5.97 Å². The zero-order chi connectivity index (χ0) is 22.0. The molecule has 1 aliphatic rings. The zero-order valence-electron chi connectivity index (χ0n) is 18.0. The number of carboxylic acid groups (broad SMARTS) is 1. The van der Waals surface area contributed by atoms with Crippen LogP contribution in [0.3, 0.4) is 0 Å². The second-order valence-electron chi connectivity index (χ2n) is 8.60. The summed E-state index contributed by atoms with van der Waals surface area (Å²) in [7, 11) is 0. The third-order valence-electron chi connectivity index (χ3n) is 5.54. The summed E-state index contributed by atoms with van der Waals surface area (Å²) in [4.78, 5) is 24.5. The van der Waals surface area contributed by atoms with E-state index in [0.29, 0.717) is 42.7 Å². The maximum atomic E-state index is 10.9. The highest BCUT2D eigenvalue weighted by Crippen LogP contribution is 2.28. The molecule has 1 aromatic carbocycles. The van der Waals surface area contributed by atoms with Crippen molar-refractivity contribution in [2.75, 3.05) is 0 Å². The highest BCUT2D eigenvalue weighted by atomic mass is 16.5. The van der Waals surface area contributed by atoms with E-state index in [1.807, 2.05) is 19.1 Å². The number of hydrogen-bond acceptors (Lipinski definition) is 7. The largest absolute Gasteiger partial charge is 0.481 e. The summed E-state index contributed by atoms with van der Waals surface area (Å²) in [6, 6.07) is 8.39. The molecule has 4 rings (SSSR count). The minimum absolute atomic E-state index is 0.217. The van der Waals surface area contributed by atoms with Crippen molar-refractivity contribution in [1.82, 2.24) is 25.4 Å². The minimum atomic E-state index is -0.718. The summed E-state index contributed by atoms with van der Waals surface area (Å²) in [6.07, 6.45) is 4.04. The molecule has 0 atom stereocenters. The second kappa shape index (κ2) is 8.93. The number of hydrogen-bond donors (Lipinski definition) is 2. The molecule has 0 spiro atoms. The van der Waals surface area contributed by atoms with Crippen molar-refractivity contribution < 1.29 is 14.4 Å². The number of aliphatic carboxylic acids is 1. The van der Waals surface area contributed by atoms with Gasteiger partial charge in [0.05, 0.1) is 23.5 Å². The minimum Gasteiger partial charge on any atom is -0.481 e. The van der Waals surface area contributed by atoms with Gasteiger partial charge in [-0.05, 0) is 49.8 Å². The SMILES string of the molecule is Cc1nc(CNC2CC(C(=O)O)C2)cnc1-c1noc(-c2ccc(CC(C)C)cc2)n1. The molecule has 3 aromatic rings. The lowest BCUT2D eigenvalue weighted by Gasteiger charge is -2.32. The first-order valence-electron chi connectivity index (χ1n) is 10.6. The predicted octanol–water partition coefficient (Wildman–Crippen LogP) is 3.65. The van der Waals surface area contributed by atoms with Gasteiger partial charge < -0.3 is 14.9 Å². The van der Waals surface area contributed by atoms with Gasteiger partial charge in [0, 0.05) is 18.2 Å². The highest BCUT2D eigenvalue weighted by molar-refractivity contribution is 5.71. The normalized spacial score (nSPS) is 18.2. The van der Waals surface area contributed by atoms with Crippen molar-refractivity contribution in [3.05, 3.63) is 47.4 Å². The highest BCUT2D eigenvalue weighted by Gasteiger charge is 2.33. The summed E-state index contributed by atoms with van der Waals surface area (Å²) in [5.74, 6) is 0.525. The van der Waals surface area contributed by atoms with Crippen LogP contribution in [0.25, 0.3) is 23.0 Å². The number of carbonyl (C=O) groups is 1. The smallest absolute Gasteiger partial charge is 0.306 e. The lowest BCUT2D eigenvalue weighted by molar-refractivity contribution is -0.145. The van der Waals surface area contributed by atoms with Gasteiger partial charge in [0.25, 0.3) is 5.89 Å². The first kappa shape index (κ1) is 21.1. The van der Waals surface area contributed by atoms with Crippen LogP contribution < -0.4 is 5.32 Å². The molecule has 1 aliphatic carbocycles. The molecule has 2 aromatic heterocycles. The lowest BCUT2D eigenvalue weighted by Crippen LogP contribution is -2.43. The topological polar surface area (TPSA) is 114 Å². The Morgan fingerprint density at radius 2 is 1.97 bits per heavy atom. The number of rotatable bonds is 8. The van der Waals surface area contributed by atoms with Crippen LogP contribution in [0, 0.1) is 18.8 Å². The second-order valence-corrected chi connectivity index (χ2v) is 8.60. The van der Waals surface area contributed by atoms with Crippen molar-refractivity contribution in [3.8, 4) is 23.0 Å². The first-order valence-corrected chi connectivity index (χ1v) is 10.6. The van der Waals surface area contributed by atoms with E-state index >= 15 is 0 Å². The van der Waals surface area contributed by atoms with Crippen molar-refractivity contribution in [1.29, 1.82) is 0 Å². The van der Waals surface area contributed by atoms with Crippen LogP contribution in [-0.2, 0) is 17.8 Å². The molecule has 8 heteroatoms. The molecule has 2 heterocycles. The van der Waals surface area contributed by atoms with E-state index in [2.05, 4.69) is 51.4 Å². The van der Waals surface area contributed by atoms with Gasteiger partial charge in [-0.25, -0.2) is 4.98 Å². The monoisotopic (exact) mass is 421 g/mol. The third kappa shape index (κ3) is 4.96. The van der Waals surface area contributed by atoms with Crippen molar-refractivity contribution in [2.24, 2.45) is 11.8 Å². The molecule has 0 bridgehead atoms. The van der Waals surface area contributed by atoms with Crippen LogP contribution >= 0.6 is 0 Å². The first-order chi connectivity index (χ1) is 14.9. The number of nitrogens with one attached hydrogen (secondary N) is 1. The van der Waals surface area contributed by atoms with Gasteiger partial charge in [-0.1, -0.05) is 31.1 Å². The number of benzene rings is 1. The van der Waals surface area contributed by atoms with Gasteiger partial charge in [-0.2, -0.15) is 4.98 Å². The standard InChI is InChI=1S/C23H27N5O3/c1-13(2)8-15-4-6-16(7-5-15)22-27-21(28-31-22)20-14(3)26-19(12-25-20)11-24-18-9-17(10-18)23(29)30/h4-7,12-13,17-18,24H,8-11H2,1-3H3,(H,29,30). The van der Waals surface area contributed by atoms with Crippen molar-refractivity contribution in [2.45, 2.75) is 52.6 Å². The van der Waals surface area contributed by atoms with Crippen LogP contribution in [-0.4, -0.2) is 37.2 Å². The van der Waals surface area contributed by atoms with Gasteiger partial charge in [0.2, 0.25) is 5.82 Å². The fourth-order valence-electron chi connectivity index (χ4n) is 3.76. The van der Waals surface area contributed by atoms with E-state index in [4.69, 9.17) is 9.63 Å². The van der Waals surface area contributed by atoms with E-state index in [0.717, 1.165) is 23.4 Å². The molecule has 1 fully saturated rings. The van der Waals surface area contributed by atoms with E-state index in [-0.39, 0.29) is 12.0 Å². The van der Waals surface area contributed by atoms with Crippen molar-refractivity contribution >= 4 is 5.97 Å². The van der Waals surface area contributed by atoms with Crippen LogP contribution in [0.2, 0.25) is 0 Å². The Hall–Kier alpha value is -3.13. The molecule has 8 nitrogen and oxygen atoms in total. The van der Waals surface area contributed by atoms with Crippen molar-refractivity contribution in [3.63, 3.8) is 0 Å². The van der Waals surface area contributed by atoms with Gasteiger partial charge in [0.15, 0.2) is 0 Å². The summed E-state index contributed by atoms with van der Waals surface area (Å²) in [5.41, 5.74) is 4.26. The number of aryl methyl sites for hydroxylation is 1. The summed E-state index contributed by atoms with van der Waals surface area (Å²) >= 11 is 0.